The minimum atomic E-state index is 0.290. The molecule has 0 bridgehead atoms. The molecule has 1 aliphatic carbocycles. The maximum atomic E-state index is 3.79. The van der Waals surface area contributed by atoms with Crippen molar-refractivity contribution in [3.8, 4) is 0 Å². The molecule has 2 aliphatic rings. The largest absolute Gasteiger partial charge is 0.309 e. The molecule has 2 fully saturated rings. The van der Waals surface area contributed by atoms with Gasteiger partial charge in [0.05, 0.1) is 0 Å². The first kappa shape index (κ1) is 15.3. The lowest BCUT2D eigenvalue weighted by molar-refractivity contribution is 0.0374. The van der Waals surface area contributed by atoms with Crippen LogP contribution in [0.2, 0.25) is 0 Å². The van der Waals surface area contributed by atoms with E-state index in [1.54, 1.807) is 0 Å². The molecule has 1 heterocycles. The quantitative estimate of drug-likeness (QED) is 0.835. The van der Waals surface area contributed by atoms with Crippen LogP contribution in [-0.4, -0.2) is 36.1 Å². The predicted octanol–water partition coefficient (Wildman–Crippen LogP) is 3.67. The van der Waals surface area contributed by atoms with E-state index in [0.29, 0.717) is 5.54 Å². The van der Waals surface area contributed by atoms with Crippen LogP contribution >= 0.6 is 0 Å². The maximum absolute atomic E-state index is 3.79. The van der Waals surface area contributed by atoms with Crippen LogP contribution in [0.4, 0.5) is 0 Å². The average Bonchev–Trinajstić information content (AvgIpc) is 2.39. The SMILES string of the molecule is CCC(C)CN1CC(C)(C)NCC1C1CCCCC1. The van der Waals surface area contributed by atoms with E-state index >= 15 is 0 Å². The third-order valence-electron chi connectivity index (χ3n) is 5.29. The molecule has 112 valence electrons. The van der Waals surface area contributed by atoms with Crippen molar-refractivity contribution >= 4 is 0 Å². The van der Waals surface area contributed by atoms with Gasteiger partial charge in [-0.25, -0.2) is 0 Å². The smallest absolute Gasteiger partial charge is 0.0252 e. The molecule has 2 nitrogen and oxygen atoms in total. The summed E-state index contributed by atoms with van der Waals surface area (Å²) in [5.41, 5.74) is 0.290. The summed E-state index contributed by atoms with van der Waals surface area (Å²) in [5.74, 6) is 1.78. The van der Waals surface area contributed by atoms with E-state index < -0.39 is 0 Å². The van der Waals surface area contributed by atoms with Crippen LogP contribution in [0.5, 0.6) is 0 Å². The first-order chi connectivity index (χ1) is 9.02. The van der Waals surface area contributed by atoms with Crippen LogP contribution < -0.4 is 5.32 Å². The summed E-state index contributed by atoms with van der Waals surface area (Å²) in [6, 6.07) is 0.794. The monoisotopic (exact) mass is 266 g/mol. The second-order valence-corrected chi connectivity index (χ2v) is 7.67. The first-order valence-electron chi connectivity index (χ1n) is 8.51. The molecule has 0 aromatic heterocycles. The number of nitrogens with one attached hydrogen (secondary N) is 1. The van der Waals surface area contributed by atoms with Crippen LogP contribution in [0.3, 0.4) is 0 Å². The molecule has 1 saturated heterocycles. The van der Waals surface area contributed by atoms with Gasteiger partial charge in [0.1, 0.15) is 0 Å². The van der Waals surface area contributed by atoms with Gasteiger partial charge in [0, 0.05) is 31.2 Å². The Hall–Kier alpha value is -0.0800. The van der Waals surface area contributed by atoms with Gasteiger partial charge >= 0.3 is 0 Å². The molecule has 2 unspecified atom stereocenters. The fourth-order valence-electron chi connectivity index (χ4n) is 3.90. The maximum Gasteiger partial charge on any atom is 0.0252 e. The Morgan fingerprint density at radius 2 is 1.89 bits per heavy atom. The van der Waals surface area contributed by atoms with Crippen molar-refractivity contribution in [2.75, 3.05) is 19.6 Å². The minimum Gasteiger partial charge on any atom is -0.309 e. The van der Waals surface area contributed by atoms with E-state index in [-0.39, 0.29) is 0 Å². The highest BCUT2D eigenvalue weighted by atomic mass is 15.3. The van der Waals surface area contributed by atoms with Gasteiger partial charge in [0.25, 0.3) is 0 Å². The highest BCUT2D eigenvalue weighted by molar-refractivity contribution is 4.95. The van der Waals surface area contributed by atoms with Gasteiger partial charge in [-0.1, -0.05) is 39.5 Å². The highest BCUT2D eigenvalue weighted by Gasteiger charge is 2.37. The van der Waals surface area contributed by atoms with Crippen molar-refractivity contribution in [2.45, 2.75) is 77.8 Å². The summed E-state index contributed by atoms with van der Waals surface area (Å²) in [6.45, 7) is 13.2. The summed E-state index contributed by atoms with van der Waals surface area (Å²) in [5, 5.41) is 3.79. The van der Waals surface area contributed by atoms with Crippen molar-refractivity contribution < 1.29 is 0 Å². The zero-order valence-corrected chi connectivity index (χ0v) is 13.5. The fourth-order valence-corrected chi connectivity index (χ4v) is 3.90. The zero-order chi connectivity index (χ0) is 13.9. The van der Waals surface area contributed by atoms with Crippen molar-refractivity contribution in [1.29, 1.82) is 0 Å². The zero-order valence-electron chi connectivity index (χ0n) is 13.5. The predicted molar refractivity (Wildman–Crippen MR) is 83.5 cm³/mol. The van der Waals surface area contributed by atoms with Crippen LogP contribution in [0.25, 0.3) is 0 Å². The number of piperazine rings is 1. The van der Waals surface area contributed by atoms with E-state index in [1.807, 2.05) is 0 Å². The van der Waals surface area contributed by atoms with Crippen LogP contribution in [-0.2, 0) is 0 Å². The van der Waals surface area contributed by atoms with E-state index in [9.17, 15) is 0 Å². The molecule has 1 aliphatic heterocycles. The molecule has 0 amide bonds. The van der Waals surface area contributed by atoms with Crippen molar-refractivity contribution in [3.05, 3.63) is 0 Å². The fraction of sp³-hybridized carbons (Fsp3) is 1.00. The molecule has 0 spiro atoms. The molecule has 1 saturated carbocycles. The third kappa shape index (κ3) is 4.19. The Labute approximate surface area is 120 Å². The number of rotatable bonds is 4. The second kappa shape index (κ2) is 6.58. The lowest BCUT2D eigenvalue weighted by Crippen LogP contribution is -2.64. The summed E-state index contributed by atoms with van der Waals surface area (Å²) in [7, 11) is 0. The van der Waals surface area contributed by atoms with Gasteiger partial charge in [-0.15, -0.1) is 0 Å². The van der Waals surface area contributed by atoms with Crippen molar-refractivity contribution in [1.82, 2.24) is 10.2 Å². The Bertz CT molecular complexity index is 268. The second-order valence-electron chi connectivity index (χ2n) is 7.67. The van der Waals surface area contributed by atoms with Gasteiger partial charge in [-0.3, -0.25) is 4.90 Å². The van der Waals surface area contributed by atoms with Crippen LogP contribution in [0, 0.1) is 11.8 Å². The summed E-state index contributed by atoms with van der Waals surface area (Å²) in [4.78, 5) is 2.82. The van der Waals surface area contributed by atoms with E-state index in [4.69, 9.17) is 0 Å². The van der Waals surface area contributed by atoms with Gasteiger partial charge in [-0.05, 0) is 38.5 Å². The molecule has 19 heavy (non-hydrogen) atoms. The molecule has 0 radical (unpaired) electrons. The Balaban J connectivity index is 2.01. The number of hydrogen-bond acceptors (Lipinski definition) is 2. The van der Waals surface area contributed by atoms with E-state index in [0.717, 1.165) is 17.9 Å². The minimum absolute atomic E-state index is 0.290. The lowest BCUT2D eigenvalue weighted by atomic mass is 9.81. The van der Waals surface area contributed by atoms with Crippen molar-refractivity contribution in [2.24, 2.45) is 11.8 Å². The van der Waals surface area contributed by atoms with Gasteiger partial charge in [0.15, 0.2) is 0 Å². The van der Waals surface area contributed by atoms with Gasteiger partial charge in [-0.2, -0.15) is 0 Å². The lowest BCUT2D eigenvalue weighted by Gasteiger charge is -2.49. The van der Waals surface area contributed by atoms with Crippen molar-refractivity contribution in [3.63, 3.8) is 0 Å². The molecular weight excluding hydrogens is 232 g/mol. The topological polar surface area (TPSA) is 15.3 Å². The van der Waals surface area contributed by atoms with Crippen LogP contribution in [0.1, 0.15) is 66.2 Å². The molecule has 2 atom stereocenters. The normalized spacial score (nSPS) is 31.3. The molecule has 0 aromatic rings. The summed E-state index contributed by atoms with van der Waals surface area (Å²) in [6.07, 6.45) is 8.62. The number of nitrogens with zero attached hydrogens (tertiary/aromatic N) is 1. The van der Waals surface area contributed by atoms with Crippen LogP contribution in [0.15, 0.2) is 0 Å². The first-order valence-corrected chi connectivity index (χ1v) is 8.51. The molecule has 2 heteroatoms. The van der Waals surface area contributed by atoms with Gasteiger partial charge in [0.2, 0.25) is 0 Å². The van der Waals surface area contributed by atoms with E-state index in [1.165, 1.54) is 58.2 Å². The summed E-state index contributed by atoms with van der Waals surface area (Å²) >= 11 is 0. The standard InChI is InChI=1S/C17H34N2/c1-5-14(2)12-19-13-17(3,4)18-11-16(19)15-9-7-6-8-10-15/h14-16,18H,5-13H2,1-4H3. The Morgan fingerprint density at radius 1 is 1.21 bits per heavy atom. The summed E-state index contributed by atoms with van der Waals surface area (Å²) < 4.78 is 0. The highest BCUT2D eigenvalue weighted by Crippen LogP contribution is 2.32. The molecule has 0 aromatic carbocycles. The molecule has 2 rings (SSSR count). The van der Waals surface area contributed by atoms with E-state index in [2.05, 4.69) is 37.9 Å². The Kier molecular flexibility index (Phi) is 5.30. The molecule has 1 N–H and O–H groups in total. The number of hydrogen-bond donors (Lipinski definition) is 1. The Morgan fingerprint density at radius 3 is 2.53 bits per heavy atom. The average molecular weight is 266 g/mol. The third-order valence-corrected chi connectivity index (χ3v) is 5.29. The van der Waals surface area contributed by atoms with Gasteiger partial charge < -0.3 is 5.32 Å². The molecular formula is C17H34N2.